The summed E-state index contributed by atoms with van der Waals surface area (Å²) in [5.41, 5.74) is 0. The lowest BCUT2D eigenvalue weighted by Gasteiger charge is -2.42. The van der Waals surface area contributed by atoms with Gasteiger partial charge in [0.25, 0.3) is 0 Å². The Morgan fingerprint density at radius 1 is 0.552 bits per heavy atom. The van der Waals surface area contributed by atoms with Crippen molar-refractivity contribution in [2.24, 2.45) is 0 Å². The van der Waals surface area contributed by atoms with Crippen molar-refractivity contribution in [3.63, 3.8) is 0 Å². The van der Waals surface area contributed by atoms with Gasteiger partial charge in [-0.2, -0.15) is 0 Å². The fraction of sp³-hybridized carbons (Fsp3) is 0.932. The van der Waals surface area contributed by atoms with Crippen LogP contribution in [0.3, 0.4) is 0 Å². The zero-order valence-electron chi connectivity index (χ0n) is 35.8. The Morgan fingerprint density at radius 2 is 1.02 bits per heavy atom. The second-order valence-electron chi connectivity index (χ2n) is 16.2. The minimum atomic E-state index is -1.70. The van der Waals surface area contributed by atoms with Gasteiger partial charge in [-0.25, -0.2) is 0 Å². The summed E-state index contributed by atoms with van der Waals surface area (Å²) in [6.07, 6.45) is 14.6. The number of carbonyl (C=O) groups is 1. The number of rotatable bonds is 35. The largest absolute Gasteiger partial charge is 0.457 e. The molecule has 0 radical (unpaired) electrons. The van der Waals surface area contributed by atoms with E-state index in [1.807, 2.05) is 0 Å². The molecule has 2 rings (SSSR count). The number of aliphatic hydroxyl groups is 7. The smallest absolute Gasteiger partial charge is 0.306 e. The Balaban J connectivity index is 1.74. The summed E-state index contributed by atoms with van der Waals surface area (Å²) >= 11 is 0. The van der Waals surface area contributed by atoms with E-state index in [9.17, 15) is 40.5 Å². The number of esters is 1. The van der Waals surface area contributed by atoms with E-state index in [1.54, 1.807) is 0 Å². The second kappa shape index (κ2) is 33.4. The summed E-state index contributed by atoms with van der Waals surface area (Å²) in [5, 5.41) is 71.7. The topological polar surface area (TPSA) is 214 Å². The van der Waals surface area contributed by atoms with E-state index in [4.69, 9.17) is 28.4 Å². The van der Waals surface area contributed by atoms with Gasteiger partial charge in [-0.1, -0.05) is 129 Å². The summed E-state index contributed by atoms with van der Waals surface area (Å²) < 4.78 is 34.0. The number of carbonyl (C=O) groups excluding carboxylic acids is 1. The van der Waals surface area contributed by atoms with Gasteiger partial charge in [-0.05, 0) is 38.5 Å². The maximum Gasteiger partial charge on any atom is 0.306 e. The van der Waals surface area contributed by atoms with Crippen LogP contribution < -0.4 is 0 Å². The highest BCUT2D eigenvalue weighted by Gasteiger charge is 2.47. The molecule has 0 spiro atoms. The van der Waals surface area contributed by atoms with Crippen molar-refractivity contribution in [2.75, 3.05) is 33.0 Å². The molecular weight excluding hydrogens is 752 g/mol. The standard InChI is InChI=1S/C44H82O14/c1-3-5-7-9-11-12-13-14-15-16-17-18-19-20-21-22-24-26-28-53-30-33(56-36(46)27-25-23-10-8-6-4-2)31-54-43-42(52)40(50)38(48)35(58-43)32-55-44-41(51)39(49)37(47)34(29-45)57-44/h14-15,33-35,37-45,47-52H,3-13,16-32H2,1-2H3/b15-14-. The predicted octanol–water partition coefficient (Wildman–Crippen LogP) is 5.12. The molecule has 2 heterocycles. The molecule has 0 saturated carbocycles. The van der Waals surface area contributed by atoms with Gasteiger partial charge >= 0.3 is 5.97 Å². The molecule has 0 aromatic heterocycles. The third kappa shape index (κ3) is 22.0. The van der Waals surface area contributed by atoms with Crippen molar-refractivity contribution in [3.8, 4) is 0 Å². The Hall–Kier alpha value is -1.27. The highest BCUT2D eigenvalue weighted by Crippen LogP contribution is 2.26. The summed E-state index contributed by atoms with van der Waals surface area (Å²) in [6.45, 7) is 3.60. The maximum atomic E-state index is 12.8. The SMILES string of the molecule is CCCCCCCC/C=C\CCCCCCCCCCOCC(COC1OC(COC2OC(CO)C(O)C(O)C2O)C(O)C(O)C1O)OC(=O)CCCCCCCC. The van der Waals surface area contributed by atoms with Crippen LogP contribution in [0.1, 0.15) is 162 Å². The maximum absolute atomic E-state index is 12.8. The first-order valence-electron chi connectivity index (χ1n) is 22.8. The lowest BCUT2D eigenvalue weighted by atomic mass is 9.98. The highest BCUT2D eigenvalue weighted by molar-refractivity contribution is 5.69. The zero-order valence-corrected chi connectivity index (χ0v) is 35.8. The molecule has 2 aliphatic heterocycles. The van der Waals surface area contributed by atoms with E-state index < -0.39 is 80.7 Å². The molecule has 7 N–H and O–H groups in total. The van der Waals surface area contributed by atoms with E-state index >= 15 is 0 Å². The zero-order chi connectivity index (χ0) is 42.4. The molecule has 0 bridgehead atoms. The first-order valence-corrected chi connectivity index (χ1v) is 22.8. The Kier molecular flexibility index (Phi) is 30.4. The Bertz CT molecular complexity index is 1020. The van der Waals surface area contributed by atoms with E-state index in [2.05, 4.69) is 26.0 Å². The van der Waals surface area contributed by atoms with Crippen molar-refractivity contribution in [1.82, 2.24) is 0 Å². The normalized spacial score (nSPS) is 28.3. The minimum absolute atomic E-state index is 0.0628. The predicted molar refractivity (Wildman–Crippen MR) is 220 cm³/mol. The van der Waals surface area contributed by atoms with Crippen LogP contribution in [0.25, 0.3) is 0 Å². The van der Waals surface area contributed by atoms with Crippen molar-refractivity contribution in [1.29, 1.82) is 0 Å². The van der Waals surface area contributed by atoms with Gasteiger partial charge in [-0.3, -0.25) is 4.79 Å². The number of ether oxygens (including phenoxy) is 6. The second-order valence-corrected chi connectivity index (χ2v) is 16.2. The number of hydrogen-bond donors (Lipinski definition) is 7. The molecule has 0 aromatic rings. The lowest BCUT2D eigenvalue weighted by Crippen LogP contribution is -2.61. The first kappa shape index (κ1) is 52.9. The fourth-order valence-electron chi connectivity index (χ4n) is 7.22. The fourth-order valence-corrected chi connectivity index (χ4v) is 7.22. The molecule has 2 aliphatic rings. The summed E-state index contributed by atoms with van der Waals surface area (Å²) in [5.74, 6) is -0.386. The minimum Gasteiger partial charge on any atom is -0.457 e. The van der Waals surface area contributed by atoms with E-state index in [0.29, 0.717) is 13.0 Å². The average molecular weight is 835 g/mol. The molecule has 342 valence electrons. The molecule has 58 heavy (non-hydrogen) atoms. The monoisotopic (exact) mass is 835 g/mol. The van der Waals surface area contributed by atoms with Gasteiger partial charge in [0.05, 0.1) is 26.4 Å². The van der Waals surface area contributed by atoms with Crippen LogP contribution in [-0.2, 0) is 33.2 Å². The van der Waals surface area contributed by atoms with Gasteiger partial charge < -0.3 is 64.2 Å². The highest BCUT2D eigenvalue weighted by atomic mass is 16.7. The number of unbranched alkanes of at least 4 members (excludes halogenated alkanes) is 19. The Morgan fingerprint density at radius 3 is 1.57 bits per heavy atom. The average Bonchev–Trinajstić information content (AvgIpc) is 3.22. The summed E-state index contributed by atoms with van der Waals surface area (Å²) in [4.78, 5) is 12.8. The van der Waals surface area contributed by atoms with Crippen LogP contribution in [0.4, 0.5) is 0 Å². The molecule has 2 saturated heterocycles. The molecule has 0 amide bonds. The molecule has 11 unspecified atom stereocenters. The molecule has 0 aromatic carbocycles. The third-order valence-electron chi connectivity index (χ3n) is 11.0. The van der Waals surface area contributed by atoms with Crippen molar-refractivity contribution in [2.45, 2.75) is 229 Å². The lowest BCUT2D eigenvalue weighted by molar-refractivity contribution is -0.332. The Labute approximate surface area is 348 Å². The van der Waals surface area contributed by atoms with Crippen LogP contribution in [-0.4, -0.2) is 142 Å². The molecule has 14 nitrogen and oxygen atoms in total. The van der Waals surface area contributed by atoms with Gasteiger partial charge in [0.2, 0.25) is 0 Å². The van der Waals surface area contributed by atoms with E-state index in [1.165, 1.54) is 89.9 Å². The van der Waals surface area contributed by atoms with Crippen molar-refractivity contribution >= 4 is 5.97 Å². The first-order chi connectivity index (χ1) is 28.1. The van der Waals surface area contributed by atoms with Crippen LogP contribution in [0, 0.1) is 0 Å². The van der Waals surface area contributed by atoms with Crippen molar-refractivity contribution < 1.29 is 69.0 Å². The van der Waals surface area contributed by atoms with E-state index in [-0.39, 0.29) is 25.6 Å². The quantitative estimate of drug-likeness (QED) is 0.0251. The van der Waals surface area contributed by atoms with Crippen LogP contribution in [0.2, 0.25) is 0 Å². The summed E-state index contributed by atoms with van der Waals surface area (Å²) in [6, 6.07) is 0. The molecule has 0 aliphatic carbocycles. The van der Waals surface area contributed by atoms with Crippen LogP contribution in [0.15, 0.2) is 12.2 Å². The van der Waals surface area contributed by atoms with Gasteiger partial charge in [-0.15, -0.1) is 0 Å². The van der Waals surface area contributed by atoms with Gasteiger partial charge in [0.1, 0.15) is 54.9 Å². The third-order valence-corrected chi connectivity index (χ3v) is 11.0. The molecule has 14 heteroatoms. The number of aliphatic hydroxyl groups excluding tert-OH is 7. The van der Waals surface area contributed by atoms with Crippen LogP contribution in [0.5, 0.6) is 0 Å². The number of allylic oxidation sites excluding steroid dienone is 2. The van der Waals surface area contributed by atoms with Crippen LogP contribution >= 0.6 is 0 Å². The molecular formula is C44H82O14. The summed E-state index contributed by atoms with van der Waals surface area (Å²) in [7, 11) is 0. The molecule has 11 atom stereocenters. The van der Waals surface area contributed by atoms with Crippen molar-refractivity contribution in [3.05, 3.63) is 12.2 Å². The number of hydrogen-bond acceptors (Lipinski definition) is 14. The van der Waals surface area contributed by atoms with Gasteiger partial charge in [0.15, 0.2) is 12.6 Å². The van der Waals surface area contributed by atoms with Gasteiger partial charge in [0, 0.05) is 13.0 Å². The van der Waals surface area contributed by atoms with E-state index in [0.717, 1.165) is 44.9 Å². The molecule has 2 fully saturated rings.